The number of amides is 1. The van der Waals surface area contributed by atoms with Gasteiger partial charge in [-0.15, -0.1) is 0 Å². The van der Waals surface area contributed by atoms with Gasteiger partial charge in [0.15, 0.2) is 0 Å². The van der Waals surface area contributed by atoms with Crippen molar-refractivity contribution in [1.82, 2.24) is 14.8 Å². The summed E-state index contributed by atoms with van der Waals surface area (Å²) in [6.07, 6.45) is 7.26. The summed E-state index contributed by atoms with van der Waals surface area (Å²) >= 11 is 0. The van der Waals surface area contributed by atoms with Gasteiger partial charge in [0, 0.05) is 42.9 Å². The molecule has 1 aliphatic carbocycles. The van der Waals surface area contributed by atoms with Crippen molar-refractivity contribution in [2.24, 2.45) is 11.8 Å². The molecule has 1 aromatic heterocycles. The topological polar surface area (TPSA) is 74.6 Å². The van der Waals surface area contributed by atoms with E-state index < -0.39 is 0 Å². The van der Waals surface area contributed by atoms with Gasteiger partial charge in [-0.3, -0.25) is 14.5 Å². The first-order valence-electron chi connectivity index (χ1n) is 12.2. The smallest absolute Gasteiger partial charge is 0.258 e. The highest BCUT2D eigenvalue weighted by Gasteiger charge is 2.54. The normalized spacial score (nSPS) is 26.5. The standard InChI is InChI=1S/C27H33N3O3/c1-29-23-16-30-22(13-12-20(27(30)33)19-10-6-3-7-11-19)25(29)24(21(23)17-31)26(32)28-15-14-18-8-4-2-5-9-18/h2,4-5,8-10,12-13,21,23-25,31H,3,6-7,11,14-17H2,1H3,(H,28,32)/t21-,23-,24+,25+/m0/s1. The van der Waals surface area contributed by atoms with E-state index in [1.54, 1.807) is 0 Å². The summed E-state index contributed by atoms with van der Waals surface area (Å²) in [5, 5.41) is 13.4. The lowest BCUT2D eigenvalue weighted by molar-refractivity contribution is -0.127. The highest BCUT2D eigenvalue weighted by Crippen LogP contribution is 2.47. The van der Waals surface area contributed by atoms with Gasteiger partial charge in [0.1, 0.15) is 0 Å². The molecule has 174 valence electrons. The second-order valence-corrected chi connectivity index (χ2v) is 9.64. The molecular weight excluding hydrogens is 414 g/mol. The zero-order valence-electron chi connectivity index (χ0n) is 19.2. The van der Waals surface area contributed by atoms with E-state index in [2.05, 4.69) is 28.4 Å². The van der Waals surface area contributed by atoms with Crippen molar-refractivity contribution in [3.8, 4) is 0 Å². The summed E-state index contributed by atoms with van der Waals surface area (Å²) in [5.41, 5.74) is 4.07. The van der Waals surface area contributed by atoms with Crippen molar-refractivity contribution >= 4 is 11.5 Å². The van der Waals surface area contributed by atoms with Gasteiger partial charge >= 0.3 is 0 Å². The van der Waals surface area contributed by atoms with Crippen molar-refractivity contribution in [1.29, 1.82) is 0 Å². The first kappa shape index (κ1) is 22.1. The van der Waals surface area contributed by atoms with Crippen molar-refractivity contribution in [3.05, 3.63) is 75.7 Å². The molecule has 2 aromatic rings. The van der Waals surface area contributed by atoms with Gasteiger partial charge in [0.2, 0.25) is 5.91 Å². The molecule has 5 rings (SSSR count). The van der Waals surface area contributed by atoms with E-state index in [4.69, 9.17) is 0 Å². The summed E-state index contributed by atoms with van der Waals surface area (Å²) < 4.78 is 1.88. The number of allylic oxidation sites excluding steroid dienone is 2. The number of nitrogens with zero attached hydrogens (tertiary/aromatic N) is 2. The monoisotopic (exact) mass is 447 g/mol. The fraction of sp³-hybridized carbons (Fsp3) is 0.481. The fourth-order valence-corrected chi connectivity index (χ4v) is 6.11. The number of likely N-dealkylation sites (N-methyl/N-ethyl adjacent to an activating group) is 1. The number of aliphatic hydroxyl groups excluding tert-OH is 1. The highest BCUT2D eigenvalue weighted by molar-refractivity contribution is 5.80. The Morgan fingerprint density at radius 1 is 1.15 bits per heavy atom. The fourth-order valence-electron chi connectivity index (χ4n) is 6.11. The Morgan fingerprint density at radius 3 is 2.70 bits per heavy atom. The maximum atomic E-state index is 13.5. The minimum atomic E-state index is -0.381. The van der Waals surface area contributed by atoms with Crippen LogP contribution in [0.3, 0.4) is 0 Å². The van der Waals surface area contributed by atoms with E-state index >= 15 is 0 Å². The van der Waals surface area contributed by atoms with Crippen LogP contribution in [0, 0.1) is 11.8 Å². The number of benzene rings is 1. The Hall–Kier alpha value is -2.70. The van der Waals surface area contributed by atoms with Crippen molar-refractivity contribution < 1.29 is 9.90 Å². The molecule has 1 amide bonds. The molecule has 0 spiro atoms. The van der Waals surface area contributed by atoms with Gasteiger partial charge in [0.25, 0.3) is 5.56 Å². The molecule has 3 heterocycles. The minimum Gasteiger partial charge on any atom is -0.396 e. The number of carbonyl (C=O) groups excluding carboxylic acids is 1. The van der Waals surface area contributed by atoms with Gasteiger partial charge in [-0.05, 0) is 62.4 Å². The lowest BCUT2D eigenvalue weighted by Gasteiger charge is -2.35. The summed E-state index contributed by atoms with van der Waals surface area (Å²) in [6, 6.07) is 13.8. The molecule has 2 aliphatic heterocycles. The predicted molar refractivity (Wildman–Crippen MR) is 129 cm³/mol. The predicted octanol–water partition coefficient (Wildman–Crippen LogP) is 2.76. The van der Waals surface area contributed by atoms with E-state index in [0.717, 1.165) is 42.5 Å². The largest absolute Gasteiger partial charge is 0.396 e. The molecule has 1 aromatic carbocycles. The second-order valence-electron chi connectivity index (χ2n) is 9.64. The Bertz CT molecular complexity index is 1110. The van der Waals surface area contributed by atoms with Gasteiger partial charge in [0.05, 0.1) is 12.0 Å². The van der Waals surface area contributed by atoms with Crippen molar-refractivity contribution in [2.75, 3.05) is 20.2 Å². The minimum absolute atomic E-state index is 0.0364. The van der Waals surface area contributed by atoms with E-state index in [1.165, 1.54) is 12.0 Å². The quantitative estimate of drug-likeness (QED) is 0.714. The van der Waals surface area contributed by atoms with Crippen molar-refractivity contribution in [2.45, 2.75) is 50.7 Å². The average Bonchev–Trinajstić information content (AvgIpc) is 3.02. The Morgan fingerprint density at radius 2 is 1.97 bits per heavy atom. The van der Waals surface area contributed by atoms with E-state index in [9.17, 15) is 14.7 Å². The van der Waals surface area contributed by atoms with Crippen LogP contribution < -0.4 is 10.9 Å². The van der Waals surface area contributed by atoms with Crippen LogP contribution in [0.4, 0.5) is 0 Å². The summed E-state index contributed by atoms with van der Waals surface area (Å²) in [6.45, 7) is 1.00. The SMILES string of the molecule is CN1[C@@H]2c3ccc(C4=CCCCC4)c(=O)n3C[C@H]1[C@H](CO)[C@H]2C(=O)NCCc1ccccc1. The third-order valence-electron chi connectivity index (χ3n) is 7.84. The maximum absolute atomic E-state index is 13.5. The van der Waals surface area contributed by atoms with E-state index in [-0.39, 0.29) is 42.0 Å². The maximum Gasteiger partial charge on any atom is 0.258 e. The molecule has 0 unspecified atom stereocenters. The number of fused-ring (bicyclic) bond motifs is 4. The third-order valence-corrected chi connectivity index (χ3v) is 7.84. The molecule has 4 atom stereocenters. The molecule has 6 nitrogen and oxygen atoms in total. The molecule has 2 N–H and O–H groups in total. The van der Waals surface area contributed by atoms with Gasteiger partial charge in [-0.1, -0.05) is 36.4 Å². The second kappa shape index (κ2) is 9.27. The number of hydrogen-bond acceptors (Lipinski definition) is 4. The zero-order valence-corrected chi connectivity index (χ0v) is 19.2. The molecule has 0 radical (unpaired) electrons. The molecular formula is C27H33N3O3. The first-order chi connectivity index (χ1) is 16.1. The number of rotatable bonds is 6. The number of aliphatic hydroxyl groups is 1. The summed E-state index contributed by atoms with van der Waals surface area (Å²) in [4.78, 5) is 29.0. The van der Waals surface area contributed by atoms with Crippen LogP contribution in [-0.2, 0) is 17.8 Å². The Labute approximate surface area is 194 Å². The van der Waals surface area contributed by atoms with Gasteiger partial charge < -0.3 is 15.0 Å². The number of carbonyl (C=O) groups is 1. The lowest BCUT2D eigenvalue weighted by atomic mass is 9.86. The van der Waals surface area contributed by atoms with Crippen LogP contribution in [0.1, 0.15) is 48.5 Å². The van der Waals surface area contributed by atoms with Crippen LogP contribution >= 0.6 is 0 Å². The lowest BCUT2D eigenvalue weighted by Crippen LogP contribution is -2.45. The van der Waals surface area contributed by atoms with E-state index in [1.807, 2.05) is 41.9 Å². The molecule has 1 saturated heterocycles. The molecule has 3 aliphatic rings. The zero-order chi connectivity index (χ0) is 22.9. The molecule has 1 fully saturated rings. The summed E-state index contributed by atoms with van der Waals surface area (Å²) in [7, 11) is 2.01. The number of aromatic nitrogens is 1. The number of nitrogens with one attached hydrogen (secondary N) is 1. The number of pyridine rings is 1. The molecule has 2 bridgehead atoms. The van der Waals surface area contributed by atoms with Crippen LogP contribution in [-0.4, -0.2) is 46.7 Å². The highest BCUT2D eigenvalue weighted by atomic mass is 16.3. The molecule has 33 heavy (non-hydrogen) atoms. The van der Waals surface area contributed by atoms with E-state index in [0.29, 0.717) is 13.1 Å². The van der Waals surface area contributed by atoms with Crippen molar-refractivity contribution in [3.63, 3.8) is 0 Å². The van der Waals surface area contributed by atoms with Gasteiger partial charge in [-0.2, -0.15) is 0 Å². The molecule has 6 heteroatoms. The van der Waals surface area contributed by atoms with Crippen LogP contribution in [0.15, 0.2) is 53.3 Å². The van der Waals surface area contributed by atoms with Gasteiger partial charge in [-0.25, -0.2) is 0 Å². The number of hydrogen-bond donors (Lipinski definition) is 2. The van der Waals surface area contributed by atoms with Crippen LogP contribution in [0.25, 0.3) is 5.57 Å². The third kappa shape index (κ3) is 3.96. The average molecular weight is 448 g/mol. The first-order valence-corrected chi connectivity index (χ1v) is 12.2. The van der Waals surface area contributed by atoms with Crippen LogP contribution in [0.2, 0.25) is 0 Å². The Kier molecular flexibility index (Phi) is 6.21. The molecule has 0 saturated carbocycles. The Balaban J connectivity index is 1.41. The summed E-state index contributed by atoms with van der Waals surface area (Å²) in [5.74, 6) is -0.619. The van der Waals surface area contributed by atoms with Crippen LogP contribution in [0.5, 0.6) is 0 Å².